The Kier molecular flexibility index (Phi) is 8.38. The number of aromatic nitrogens is 3. The van der Waals surface area contributed by atoms with Gasteiger partial charge in [-0.3, -0.25) is 5.32 Å². The molecule has 4 heterocycles. The molecular formula is C27H30ClF3N9O2+. The summed E-state index contributed by atoms with van der Waals surface area (Å²) in [5, 5.41) is 15.6. The molecule has 0 saturated carbocycles. The fraction of sp³-hybridized carbons (Fsp3) is 0.333. The number of hydrogen-bond acceptors (Lipinski definition) is 9. The maximum atomic E-state index is 13.7. The lowest BCUT2D eigenvalue weighted by atomic mass is 10.1. The van der Waals surface area contributed by atoms with Crippen LogP contribution in [0.2, 0.25) is 5.02 Å². The van der Waals surface area contributed by atoms with E-state index in [1.54, 1.807) is 36.4 Å². The summed E-state index contributed by atoms with van der Waals surface area (Å²) in [4.78, 5) is 15.1. The van der Waals surface area contributed by atoms with Crippen LogP contribution in [0.1, 0.15) is 18.4 Å². The van der Waals surface area contributed by atoms with Gasteiger partial charge in [0.25, 0.3) is 0 Å². The molecule has 0 amide bonds. The smallest absolute Gasteiger partial charge is 0.416 e. The standard InChI is InChI=1S/C27H29ClF3N9O2/c1-33-22-13-34-19(11-35-22)20(10-32)42-21-12-36-25-24(23(21)28)40(3)26(38-25)37-16-7-15(27(29,30)31)8-18(9-16)41-14-17-5-4-6-39(17)2/h7-13,17,32-34H,4-6,14H2,1-3H3,(H,36,37,38)/p+1/b20-19+,32-10?/t17-/m1/s1. The molecule has 5 rings (SSSR count). The second kappa shape index (κ2) is 12.0. The van der Waals surface area contributed by atoms with E-state index in [-0.39, 0.29) is 52.2 Å². The first-order chi connectivity index (χ1) is 20.1. The molecule has 2 aliphatic rings. The van der Waals surface area contributed by atoms with Crippen LogP contribution in [0.15, 0.2) is 52.9 Å². The number of fused-ring (bicyclic) bond motifs is 1. The number of imidazole rings is 1. The number of anilines is 2. The van der Waals surface area contributed by atoms with Gasteiger partial charge in [-0.2, -0.15) is 18.2 Å². The van der Waals surface area contributed by atoms with E-state index in [9.17, 15) is 13.2 Å². The van der Waals surface area contributed by atoms with E-state index < -0.39 is 11.7 Å². The second-order valence-electron chi connectivity index (χ2n) is 9.85. The van der Waals surface area contributed by atoms with Crippen LogP contribution in [-0.4, -0.2) is 65.2 Å². The van der Waals surface area contributed by atoms with Crippen LogP contribution in [0, 0.1) is 5.41 Å². The van der Waals surface area contributed by atoms with Gasteiger partial charge in [-0.15, -0.1) is 0 Å². The van der Waals surface area contributed by atoms with E-state index in [0.29, 0.717) is 17.0 Å². The van der Waals surface area contributed by atoms with Crippen molar-refractivity contribution in [1.82, 2.24) is 24.8 Å². The minimum Gasteiger partial charge on any atom is -0.492 e. The quantitative estimate of drug-likeness (QED) is 0.216. The number of aliphatic imine (C=N–C) groups is 1. The number of alkyl halides is 3. The van der Waals surface area contributed by atoms with E-state index >= 15 is 0 Å². The zero-order chi connectivity index (χ0) is 30.0. The summed E-state index contributed by atoms with van der Waals surface area (Å²) < 4.78 is 54.5. The molecule has 15 heteroatoms. The van der Waals surface area contributed by atoms with Gasteiger partial charge < -0.3 is 35.0 Å². The Bertz CT molecular complexity index is 1600. The van der Waals surface area contributed by atoms with Crippen molar-refractivity contribution < 1.29 is 28.0 Å². The molecule has 5 N–H and O–H groups in total. The first-order valence-electron chi connectivity index (χ1n) is 13.1. The molecule has 0 aliphatic carbocycles. The van der Waals surface area contributed by atoms with E-state index in [0.717, 1.165) is 37.7 Å². The van der Waals surface area contributed by atoms with Crippen molar-refractivity contribution in [1.29, 1.82) is 5.41 Å². The number of nitrogens with two attached hydrogens (primary N) is 1. The van der Waals surface area contributed by atoms with Crippen molar-refractivity contribution >= 4 is 46.8 Å². The van der Waals surface area contributed by atoms with Crippen LogP contribution in [0.4, 0.5) is 24.8 Å². The van der Waals surface area contributed by atoms with E-state index in [4.69, 9.17) is 26.5 Å². The molecule has 0 unspecified atom stereocenters. The Hall–Kier alpha value is -4.14. The van der Waals surface area contributed by atoms with Crippen molar-refractivity contribution in [2.75, 3.05) is 32.6 Å². The third-order valence-electron chi connectivity index (χ3n) is 7.06. The zero-order valence-corrected chi connectivity index (χ0v) is 23.8. The lowest BCUT2D eigenvalue weighted by Crippen LogP contribution is -2.78. The Labute approximate surface area is 244 Å². The number of ether oxygens (including phenoxy) is 2. The van der Waals surface area contributed by atoms with Gasteiger partial charge in [-0.25, -0.2) is 9.98 Å². The van der Waals surface area contributed by atoms with Gasteiger partial charge >= 0.3 is 6.18 Å². The second-order valence-corrected chi connectivity index (χ2v) is 10.2. The van der Waals surface area contributed by atoms with Crippen molar-refractivity contribution in [2.24, 2.45) is 12.0 Å². The van der Waals surface area contributed by atoms with Crippen molar-refractivity contribution in [3.8, 4) is 11.5 Å². The molecule has 1 atom stereocenters. The van der Waals surface area contributed by atoms with Crippen LogP contribution in [0.25, 0.3) is 11.2 Å². The average molecular weight is 605 g/mol. The number of aryl methyl sites for hydroxylation is 1. The number of pyridine rings is 1. The lowest BCUT2D eigenvalue weighted by Gasteiger charge is -2.20. The number of hydrogen-bond donors (Lipinski definition) is 4. The van der Waals surface area contributed by atoms with E-state index in [1.165, 1.54) is 12.3 Å². The van der Waals surface area contributed by atoms with Crippen molar-refractivity contribution in [3.05, 3.63) is 58.5 Å². The molecule has 1 fully saturated rings. The van der Waals surface area contributed by atoms with Gasteiger partial charge in [0.1, 0.15) is 29.1 Å². The van der Waals surface area contributed by atoms with Gasteiger partial charge in [0.2, 0.25) is 11.7 Å². The normalized spacial score (nSPS) is 18.6. The number of halogens is 4. The Morgan fingerprint density at radius 3 is 2.74 bits per heavy atom. The van der Waals surface area contributed by atoms with Gasteiger partial charge in [-0.1, -0.05) is 11.6 Å². The molecular weight excluding hydrogens is 575 g/mol. The number of likely N-dealkylation sites (tertiary alicyclic amines) is 1. The lowest BCUT2D eigenvalue weighted by molar-refractivity contribution is -0.529. The Morgan fingerprint density at radius 2 is 2.10 bits per heavy atom. The highest BCUT2D eigenvalue weighted by atomic mass is 35.5. The summed E-state index contributed by atoms with van der Waals surface area (Å²) in [6, 6.07) is 3.65. The molecule has 1 aromatic carbocycles. The number of allylic oxidation sites excluding steroid dienone is 2. The molecule has 3 aromatic rings. The van der Waals surface area contributed by atoms with Crippen LogP contribution >= 0.6 is 11.6 Å². The maximum absolute atomic E-state index is 13.7. The molecule has 0 spiro atoms. The fourth-order valence-electron chi connectivity index (χ4n) is 4.70. The molecule has 1 saturated heterocycles. The summed E-state index contributed by atoms with van der Waals surface area (Å²) in [5.74, 6) is 1.32. The maximum Gasteiger partial charge on any atom is 0.416 e. The van der Waals surface area contributed by atoms with Crippen LogP contribution < -0.4 is 25.4 Å². The Morgan fingerprint density at radius 1 is 1.29 bits per heavy atom. The van der Waals surface area contributed by atoms with Gasteiger partial charge in [0, 0.05) is 31.9 Å². The van der Waals surface area contributed by atoms with Crippen LogP contribution in [0.3, 0.4) is 0 Å². The van der Waals surface area contributed by atoms with Crippen LogP contribution in [-0.2, 0) is 13.2 Å². The minimum absolute atomic E-state index is 0.102. The molecule has 222 valence electrons. The predicted molar refractivity (Wildman–Crippen MR) is 153 cm³/mol. The topological polar surface area (TPSA) is 129 Å². The third-order valence-corrected chi connectivity index (χ3v) is 7.43. The molecule has 11 nitrogen and oxygen atoms in total. The number of rotatable bonds is 9. The van der Waals surface area contributed by atoms with Crippen LogP contribution in [0.5, 0.6) is 11.5 Å². The minimum atomic E-state index is -4.57. The summed E-state index contributed by atoms with van der Waals surface area (Å²) in [7, 11) is 5.37. The van der Waals surface area contributed by atoms with E-state index in [1.807, 2.05) is 7.05 Å². The average Bonchev–Trinajstić information content (AvgIpc) is 3.53. The van der Waals surface area contributed by atoms with Crippen molar-refractivity contribution in [2.45, 2.75) is 25.1 Å². The highest BCUT2D eigenvalue weighted by Gasteiger charge is 2.32. The Balaban J connectivity index is 1.42. The SMILES string of the molecule is CNC1=C[NH2+]/C(=C(\C=N)Oc2cnc3nc(Nc4cc(OC[C@H]5CCCN5C)cc(C(F)(F)F)c4)n(C)c3c2Cl)C=N1. The fourth-order valence-corrected chi connectivity index (χ4v) is 5.00. The van der Waals surface area contributed by atoms with Crippen molar-refractivity contribution in [3.63, 3.8) is 0 Å². The summed E-state index contributed by atoms with van der Waals surface area (Å²) in [5.41, 5.74) is 0.482. The third kappa shape index (κ3) is 6.20. The summed E-state index contributed by atoms with van der Waals surface area (Å²) in [6.45, 7) is 1.22. The first kappa shape index (κ1) is 29.4. The number of quaternary nitrogens is 1. The predicted octanol–water partition coefficient (Wildman–Crippen LogP) is 3.76. The molecule has 0 radical (unpaired) electrons. The number of likely N-dealkylation sites (N-methyl/N-ethyl adjacent to an activating group) is 1. The highest BCUT2D eigenvalue weighted by molar-refractivity contribution is 6.36. The summed E-state index contributed by atoms with van der Waals surface area (Å²) >= 11 is 6.68. The zero-order valence-electron chi connectivity index (χ0n) is 23.1. The van der Waals surface area contributed by atoms with Gasteiger partial charge in [-0.05, 0) is 38.6 Å². The molecule has 2 aliphatic heterocycles. The number of nitrogens with zero attached hydrogens (tertiary/aromatic N) is 5. The van der Waals surface area contributed by atoms with E-state index in [2.05, 4.69) is 30.5 Å². The molecule has 2 aromatic heterocycles. The number of nitrogens with one attached hydrogen (secondary N) is 3. The van der Waals surface area contributed by atoms with Gasteiger partial charge in [0.05, 0.1) is 24.2 Å². The highest BCUT2D eigenvalue weighted by Crippen LogP contribution is 2.37. The molecule has 0 bridgehead atoms. The first-order valence-corrected chi connectivity index (χ1v) is 13.5. The molecule has 42 heavy (non-hydrogen) atoms. The number of benzene rings is 1. The summed E-state index contributed by atoms with van der Waals surface area (Å²) in [6.07, 6.45) is 3.08. The monoisotopic (exact) mass is 604 g/mol. The largest absolute Gasteiger partial charge is 0.492 e. The van der Waals surface area contributed by atoms with Gasteiger partial charge in [0.15, 0.2) is 22.9 Å².